The number of benzene rings is 1. The van der Waals surface area contributed by atoms with Crippen LogP contribution in [0.2, 0.25) is 0 Å². The second-order valence-electron chi connectivity index (χ2n) is 6.05. The van der Waals surface area contributed by atoms with Crippen LogP contribution in [0.15, 0.2) is 12.1 Å². The molecule has 0 N–H and O–H groups in total. The zero-order valence-corrected chi connectivity index (χ0v) is 14.2. The van der Waals surface area contributed by atoms with Gasteiger partial charge in [-0.2, -0.15) is 0 Å². The number of carbonyl (C=O) groups excluding carboxylic acids is 1. The zero-order chi connectivity index (χ0) is 18.1. The molecule has 1 saturated heterocycles. The first-order valence-electron chi connectivity index (χ1n) is 7.50. The van der Waals surface area contributed by atoms with E-state index in [1.807, 2.05) is 6.92 Å². The maximum absolute atomic E-state index is 14.0. The molecule has 9 heteroatoms. The number of likely N-dealkylation sites (tertiary alicyclic amines) is 1. The van der Waals surface area contributed by atoms with E-state index in [1.165, 1.54) is 4.90 Å². The number of nitrogens with zero attached hydrogens (tertiary/aromatic N) is 2. The predicted molar refractivity (Wildman–Crippen MR) is 83.5 cm³/mol. The average molecular weight is 364 g/mol. The molecule has 1 fully saturated rings. The quantitative estimate of drug-likeness (QED) is 0.769. The molecule has 134 valence electrons. The molecule has 1 unspecified atom stereocenters. The van der Waals surface area contributed by atoms with E-state index in [0.29, 0.717) is 23.5 Å². The SMILES string of the molecule is CC1CCCN(C(=O)CN(c2ccc(F)c(F)c2F)S(C)(=O)=O)C1. The zero-order valence-electron chi connectivity index (χ0n) is 13.4. The maximum atomic E-state index is 14.0. The van der Waals surface area contributed by atoms with E-state index in [-0.39, 0.29) is 5.92 Å². The van der Waals surface area contributed by atoms with Crippen LogP contribution >= 0.6 is 0 Å². The van der Waals surface area contributed by atoms with Gasteiger partial charge < -0.3 is 4.90 Å². The second-order valence-corrected chi connectivity index (χ2v) is 7.96. The van der Waals surface area contributed by atoms with Crippen LogP contribution in [0, 0.1) is 23.4 Å². The van der Waals surface area contributed by atoms with Gasteiger partial charge in [-0.05, 0) is 30.9 Å². The topological polar surface area (TPSA) is 57.7 Å². The highest BCUT2D eigenvalue weighted by Crippen LogP contribution is 2.26. The van der Waals surface area contributed by atoms with E-state index in [9.17, 15) is 26.4 Å². The molecule has 0 bridgehead atoms. The maximum Gasteiger partial charge on any atom is 0.243 e. The molecule has 2 rings (SSSR count). The van der Waals surface area contributed by atoms with Gasteiger partial charge in [0.05, 0.1) is 11.9 Å². The minimum absolute atomic E-state index is 0.286. The van der Waals surface area contributed by atoms with Crippen LogP contribution in [0.3, 0.4) is 0 Å². The van der Waals surface area contributed by atoms with Crippen LogP contribution in [0.5, 0.6) is 0 Å². The molecule has 1 aliphatic rings. The van der Waals surface area contributed by atoms with E-state index >= 15 is 0 Å². The summed E-state index contributed by atoms with van der Waals surface area (Å²) in [6, 6.07) is 1.43. The average Bonchev–Trinajstić information content (AvgIpc) is 2.50. The minimum atomic E-state index is -4.06. The smallest absolute Gasteiger partial charge is 0.243 e. The van der Waals surface area contributed by atoms with E-state index < -0.39 is 45.6 Å². The van der Waals surface area contributed by atoms with E-state index in [4.69, 9.17) is 0 Å². The Morgan fingerprint density at radius 2 is 1.96 bits per heavy atom. The van der Waals surface area contributed by atoms with Crippen molar-refractivity contribution in [3.8, 4) is 0 Å². The molecule has 0 saturated carbocycles. The fourth-order valence-electron chi connectivity index (χ4n) is 2.73. The highest BCUT2D eigenvalue weighted by Gasteiger charge is 2.29. The number of carbonyl (C=O) groups is 1. The van der Waals surface area contributed by atoms with Gasteiger partial charge in [-0.15, -0.1) is 0 Å². The Hall–Kier alpha value is -1.77. The Balaban J connectivity index is 2.31. The number of amides is 1. The standard InChI is InChI=1S/C15H19F3N2O3S/c1-10-4-3-7-19(8-10)13(21)9-20(24(2,22)23)12-6-5-11(16)14(17)15(12)18/h5-6,10H,3-4,7-9H2,1-2H3. The summed E-state index contributed by atoms with van der Waals surface area (Å²) in [6.07, 6.45) is 2.54. The van der Waals surface area contributed by atoms with Crippen molar-refractivity contribution in [2.24, 2.45) is 5.92 Å². The van der Waals surface area contributed by atoms with E-state index in [2.05, 4.69) is 0 Å². The number of hydrogen-bond acceptors (Lipinski definition) is 3. The summed E-state index contributed by atoms with van der Waals surface area (Å²) >= 11 is 0. The summed E-state index contributed by atoms with van der Waals surface area (Å²) in [5, 5.41) is 0. The van der Waals surface area contributed by atoms with Crippen molar-refractivity contribution in [2.45, 2.75) is 19.8 Å². The lowest BCUT2D eigenvalue weighted by Gasteiger charge is -2.33. The second kappa shape index (κ2) is 7.00. The van der Waals surface area contributed by atoms with Gasteiger partial charge in [-0.1, -0.05) is 6.92 Å². The normalized spacial score (nSPS) is 18.5. The lowest BCUT2D eigenvalue weighted by atomic mass is 10.0. The van der Waals surface area contributed by atoms with Gasteiger partial charge in [-0.3, -0.25) is 9.10 Å². The Morgan fingerprint density at radius 3 is 2.54 bits per heavy atom. The molecule has 0 aliphatic carbocycles. The van der Waals surface area contributed by atoms with Gasteiger partial charge in [0.15, 0.2) is 17.5 Å². The summed E-state index contributed by atoms with van der Waals surface area (Å²) in [6.45, 7) is 2.29. The van der Waals surface area contributed by atoms with Crippen molar-refractivity contribution < 1.29 is 26.4 Å². The van der Waals surface area contributed by atoms with Crippen molar-refractivity contribution in [2.75, 3.05) is 30.2 Å². The van der Waals surface area contributed by atoms with Gasteiger partial charge in [0.2, 0.25) is 15.9 Å². The van der Waals surface area contributed by atoms with Crippen LogP contribution in [0.4, 0.5) is 18.9 Å². The third-order valence-corrected chi connectivity index (χ3v) is 5.10. The van der Waals surface area contributed by atoms with Gasteiger partial charge in [0.25, 0.3) is 0 Å². The number of hydrogen-bond donors (Lipinski definition) is 0. The number of piperidine rings is 1. The number of sulfonamides is 1. The van der Waals surface area contributed by atoms with Crippen LogP contribution in [0.25, 0.3) is 0 Å². The number of anilines is 1. The first-order chi connectivity index (χ1) is 11.1. The van der Waals surface area contributed by atoms with Crippen molar-refractivity contribution in [1.29, 1.82) is 0 Å². The van der Waals surface area contributed by atoms with Gasteiger partial charge in [0.1, 0.15) is 6.54 Å². The van der Waals surface area contributed by atoms with Crippen LogP contribution in [-0.2, 0) is 14.8 Å². The fraction of sp³-hybridized carbons (Fsp3) is 0.533. The van der Waals surface area contributed by atoms with E-state index in [0.717, 1.165) is 25.2 Å². The largest absolute Gasteiger partial charge is 0.341 e. The molecule has 5 nitrogen and oxygen atoms in total. The summed E-state index contributed by atoms with van der Waals surface area (Å²) in [5.41, 5.74) is -0.685. The third kappa shape index (κ3) is 4.00. The van der Waals surface area contributed by atoms with Gasteiger partial charge in [0, 0.05) is 13.1 Å². The molecule has 1 aliphatic heterocycles. The summed E-state index contributed by atoms with van der Waals surface area (Å²) in [4.78, 5) is 13.9. The van der Waals surface area contributed by atoms with Crippen molar-refractivity contribution in [1.82, 2.24) is 4.90 Å². The molecule has 1 amide bonds. The number of halogens is 3. The Labute approximate surface area is 139 Å². The molecular formula is C15H19F3N2O3S. The lowest BCUT2D eigenvalue weighted by Crippen LogP contribution is -2.46. The third-order valence-electron chi connectivity index (χ3n) is 3.97. The first kappa shape index (κ1) is 18.6. The van der Waals surface area contributed by atoms with Crippen LogP contribution in [-0.4, -0.2) is 45.1 Å². The molecular weight excluding hydrogens is 345 g/mol. The first-order valence-corrected chi connectivity index (χ1v) is 9.35. The van der Waals surface area contributed by atoms with Gasteiger partial charge in [-0.25, -0.2) is 21.6 Å². The summed E-state index contributed by atoms with van der Waals surface area (Å²) in [5.74, 6) is -5.06. The summed E-state index contributed by atoms with van der Waals surface area (Å²) < 4.78 is 64.8. The molecule has 1 atom stereocenters. The molecule has 24 heavy (non-hydrogen) atoms. The molecule has 0 spiro atoms. The fourth-order valence-corrected chi connectivity index (χ4v) is 3.57. The lowest BCUT2D eigenvalue weighted by molar-refractivity contribution is -0.131. The monoisotopic (exact) mass is 364 g/mol. The number of rotatable bonds is 4. The van der Waals surface area contributed by atoms with Crippen LogP contribution in [0.1, 0.15) is 19.8 Å². The van der Waals surface area contributed by atoms with Crippen molar-refractivity contribution in [3.63, 3.8) is 0 Å². The van der Waals surface area contributed by atoms with E-state index in [1.54, 1.807) is 0 Å². The Bertz CT molecular complexity index is 740. The highest BCUT2D eigenvalue weighted by atomic mass is 32.2. The predicted octanol–water partition coefficient (Wildman–Crippen LogP) is 2.13. The summed E-state index contributed by atoms with van der Waals surface area (Å²) in [7, 11) is -4.06. The van der Waals surface area contributed by atoms with Gasteiger partial charge >= 0.3 is 0 Å². The van der Waals surface area contributed by atoms with Crippen molar-refractivity contribution >= 4 is 21.6 Å². The molecule has 1 heterocycles. The Kier molecular flexibility index (Phi) is 5.42. The molecule has 0 aromatic heterocycles. The molecule has 1 aromatic rings. The molecule has 0 radical (unpaired) electrons. The van der Waals surface area contributed by atoms with Crippen molar-refractivity contribution in [3.05, 3.63) is 29.6 Å². The molecule has 1 aromatic carbocycles. The minimum Gasteiger partial charge on any atom is -0.341 e. The highest BCUT2D eigenvalue weighted by molar-refractivity contribution is 7.92. The van der Waals surface area contributed by atoms with Crippen LogP contribution < -0.4 is 4.31 Å². The Morgan fingerprint density at radius 1 is 1.29 bits per heavy atom.